The summed E-state index contributed by atoms with van der Waals surface area (Å²) in [5.41, 5.74) is 4.09. The van der Waals surface area contributed by atoms with Crippen LogP contribution in [0.15, 0.2) is 72.8 Å². The normalized spacial score (nSPS) is 15.7. The average molecular weight is 470 g/mol. The summed E-state index contributed by atoms with van der Waals surface area (Å²) in [6, 6.07) is 23.6. The Bertz CT molecular complexity index is 1300. The summed E-state index contributed by atoms with van der Waals surface area (Å²) in [6.45, 7) is 4.92. The minimum atomic E-state index is -0.850. The fourth-order valence-corrected chi connectivity index (χ4v) is 4.83. The number of rotatable bonds is 6. The lowest BCUT2D eigenvalue weighted by molar-refractivity contribution is 0.0852. The van der Waals surface area contributed by atoms with Gasteiger partial charge in [0.2, 0.25) is 0 Å². The van der Waals surface area contributed by atoms with Crippen molar-refractivity contribution in [3.63, 3.8) is 0 Å². The maximum absolute atomic E-state index is 12.0. The molecule has 6 heteroatoms. The average Bonchev–Trinajstić information content (AvgIpc) is 3.28. The molecule has 0 aliphatic heterocycles. The monoisotopic (exact) mass is 469 g/mol. The lowest BCUT2D eigenvalue weighted by atomic mass is 9.75. The van der Waals surface area contributed by atoms with E-state index >= 15 is 0 Å². The smallest absolute Gasteiger partial charge is 0.407 e. The summed E-state index contributed by atoms with van der Waals surface area (Å²) in [6.07, 6.45) is 3.10. The van der Waals surface area contributed by atoms with Crippen LogP contribution in [0.3, 0.4) is 0 Å². The van der Waals surface area contributed by atoms with E-state index in [1.54, 1.807) is 4.90 Å². The number of benzene rings is 3. The number of imidazole rings is 1. The topological polar surface area (TPSA) is 78.5 Å². The summed E-state index contributed by atoms with van der Waals surface area (Å²) in [5, 5.41) is 9.82. The third-order valence-electron chi connectivity index (χ3n) is 7.01. The molecule has 180 valence electrons. The van der Waals surface area contributed by atoms with Crippen molar-refractivity contribution in [1.29, 1.82) is 0 Å². The van der Waals surface area contributed by atoms with E-state index in [1.165, 1.54) is 0 Å². The highest BCUT2D eigenvalue weighted by atomic mass is 16.5. The molecule has 0 saturated heterocycles. The maximum atomic E-state index is 12.0. The first kappa shape index (κ1) is 23.0. The van der Waals surface area contributed by atoms with Gasteiger partial charge in [0.1, 0.15) is 17.3 Å². The van der Waals surface area contributed by atoms with Crippen molar-refractivity contribution in [3.8, 4) is 22.9 Å². The van der Waals surface area contributed by atoms with Gasteiger partial charge in [-0.25, -0.2) is 9.78 Å². The highest BCUT2D eigenvalue weighted by molar-refractivity contribution is 5.80. The number of ether oxygens (including phenoxy) is 1. The number of hydrogen-bond acceptors (Lipinski definition) is 3. The van der Waals surface area contributed by atoms with Crippen molar-refractivity contribution in [3.05, 3.63) is 78.4 Å². The van der Waals surface area contributed by atoms with E-state index in [-0.39, 0.29) is 6.04 Å². The highest BCUT2D eigenvalue weighted by Gasteiger charge is 2.32. The molecule has 2 N–H and O–H groups in total. The van der Waals surface area contributed by atoms with Gasteiger partial charge in [-0.15, -0.1) is 0 Å². The van der Waals surface area contributed by atoms with Crippen molar-refractivity contribution >= 4 is 17.1 Å². The quantitative estimate of drug-likeness (QED) is 0.307. The minimum Gasteiger partial charge on any atom is -0.465 e. The van der Waals surface area contributed by atoms with Gasteiger partial charge in [-0.2, -0.15) is 0 Å². The van der Waals surface area contributed by atoms with Gasteiger partial charge in [0.05, 0.1) is 11.0 Å². The Morgan fingerprint density at radius 2 is 1.71 bits per heavy atom. The Balaban J connectivity index is 1.26. The number of amides is 1. The maximum Gasteiger partial charge on any atom is 0.407 e. The van der Waals surface area contributed by atoms with Crippen molar-refractivity contribution in [2.45, 2.75) is 52.1 Å². The second-order valence-corrected chi connectivity index (χ2v) is 10.2. The molecule has 3 aromatic carbocycles. The lowest BCUT2D eigenvalue weighted by Gasteiger charge is -2.39. The van der Waals surface area contributed by atoms with E-state index in [1.807, 2.05) is 72.8 Å². The molecule has 0 spiro atoms. The molecule has 1 heterocycles. The predicted molar refractivity (Wildman–Crippen MR) is 138 cm³/mol. The van der Waals surface area contributed by atoms with Crippen molar-refractivity contribution in [2.75, 3.05) is 0 Å². The first-order valence-corrected chi connectivity index (χ1v) is 12.2. The molecule has 5 rings (SSSR count). The Labute approximate surface area is 205 Å². The van der Waals surface area contributed by atoms with Crippen LogP contribution in [0.4, 0.5) is 4.79 Å². The van der Waals surface area contributed by atoms with Crippen molar-refractivity contribution in [1.82, 2.24) is 14.9 Å². The van der Waals surface area contributed by atoms with Crippen molar-refractivity contribution < 1.29 is 14.6 Å². The van der Waals surface area contributed by atoms with E-state index < -0.39 is 6.09 Å². The number of carboxylic acid groups (broad SMARTS) is 1. The van der Waals surface area contributed by atoms with Crippen LogP contribution in [0.5, 0.6) is 11.5 Å². The van der Waals surface area contributed by atoms with Gasteiger partial charge in [0, 0.05) is 24.2 Å². The number of hydrogen-bond donors (Lipinski definition) is 2. The van der Waals surface area contributed by atoms with Gasteiger partial charge >= 0.3 is 6.09 Å². The first-order valence-electron chi connectivity index (χ1n) is 12.2. The summed E-state index contributed by atoms with van der Waals surface area (Å²) in [4.78, 5) is 21.6. The molecule has 1 amide bonds. The molecular weight excluding hydrogens is 438 g/mol. The zero-order valence-electron chi connectivity index (χ0n) is 20.2. The molecule has 0 bridgehead atoms. The Morgan fingerprint density at radius 3 is 2.40 bits per heavy atom. The van der Waals surface area contributed by atoms with Crippen LogP contribution in [-0.2, 0) is 6.54 Å². The van der Waals surface area contributed by atoms with Crippen LogP contribution in [-0.4, -0.2) is 32.1 Å². The van der Waals surface area contributed by atoms with Gasteiger partial charge < -0.3 is 19.7 Å². The fourth-order valence-electron chi connectivity index (χ4n) is 4.83. The van der Waals surface area contributed by atoms with Crippen LogP contribution in [0.25, 0.3) is 22.4 Å². The summed E-state index contributed by atoms with van der Waals surface area (Å²) in [5.74, 6) is 2.23. The zero-order valence-corrected chi connectivity index (χ0v) is 20.2. The fraction of sp³-hybridized carbons (Fsp3) is 0.310. The summed E-state index contributed by atoms with van der Waals surface area (Å²) in [7, 11) is 0. The van der Waals surface area contributed by atoms with Gasteiger partial charge in [-0.3, -0.25) is 0 Å². The highest BCUT2D eigenvalue weighted by Crippen LogP contribution is 2.37. The Morgan fingerprint density at radius 1 is 1.03 bits per heavy atom. The number of H-pyrrole nitrogens is 1. The van der Waals surface area contributed by atoms with Crippen LogP contribution in [0.2, 0.25) is 0 Å². The molecule has 1 aliphatic carbocycles. The Kier molecular flexibility index (Phi) is 6.20. The van der Waals surface area contributed by atoms with Gasteiger partial charge in [-0.05, 0) is 60.9 Å². The van der Waals surface area contributed by atoms with Crippen LogP contribution in [0.1, 0.15) is 45.1 Å². The molecule has 0 atom stereocenters. The van der Waals surface area contributed by atoms with Crippen LogP contribution >= 0.6 is 0 Å². The van der Waals surface area contributed by atoms with E-state index in [0.29, 0.717) is 23.5 Å². The number of nitrogens with one attached hydrogen (secondary N) is 1. The van der Waals surface area contributed by atoms with Gasteiger partial charge in [0.25, 0.3) is 0 Å². The second-order valence-electron chi connectivity index (χ2n) is 10.2. The van der Waals surface area contributed by atoms with E-state index in [0.717, 1.165) is 53.7 Å². The molecular formula is C29H31N3O3. The first-order chi connectivity index (χ1) is 16.9. The third kappa shape index (κ3) is 5.32. The van der Waals surface area contributed by atoms with Gasteiger partial charge in [0.15, 0.2) is 0 Å². The lowest BCUT2D eigenvalue weighted by Crippen LogP contribution is -2.42. The molecule has 1 aromatic heterocycles. The summed E-state index contributed by atoms with van der Waals surface area (Å²) < 4.78 is 6.06. The molecule has 4 aromatic rings. The largest absolute Gasteiger partial charge is 0.465 e. The Hall–Kier alpha value is -3.80. The second kappa shape index (κ2) is 9.45. The molecule has 0 radical (unpaired) electrons. The number of aromatic amines is 1. The number of nitrogens with zero attached hydrogens (tertiary/aromatic N) is 2. The molecule has 1 aliphatic rings. The van der Waals surface area contributed by atoms with Gasteiger partial charge in [-0.1, -0.05) is 56.3 Å². The molecule has 1 fully saturated rings. The third-order valence-corrected chi connectivity index (χ3v) is 7.01. The van der Waals surface area contributed by atoms with Crippen LogP contribution < -0.4 is 4.74 Å². The summed E-state index contributed by atoms with van der Waals surface area (Å²) >= 11 is 0. The standard InChI is InChI=1S/C29H31N3O3/c1-29(2)16-14-22(15-17-29)32(28(33)34)19-20-8-10-23(11-9-20)35-24-12-13-25-26(18-24)31-27(30-25)21-6-4-3-5-7-21/h3-13,18,22H,14-17,19H2,1-2H3,(H,30,31)(H,33,34). The number of fused-ring (bicyclic) bond motifs is 1. The van der Waals surface area contributed by atoms with E-state index in [9.17, 15) is 9.90 Å². The SMILES string of the molecule is CC1(C)CCC(N(Cc2ccc(Oc3ccc4[nH]c(-c5ccccc5)nc4c3)cc2)C(=O)O)CC1. The van der Waals surface area contributed by atoms with Crippen LogP contribution in [0, 0.1) is 5.41 Å². The minimum absolute atomic E-state index is 0.0813. The zero-order chi connectivity index (χ0) is 24.4. The molecule has 6 nitrogen and oxygen atoms in total. The number of carbonyl (C=O) groups is 1. The van der Waals surface area contributed by atoms with E-state index in [4.69, 9.17) is 9.72 Å². The molecule has 1 saturated carbocycles. The van der Waals surface area contributed by atoms with Crippen molar-refractivity contribution in [2.24, 2.45) is 5.41 Å². The molecule has 35 heavy (non-hydrogen) atoms. The predicted octanol–water partition coefficient (Wildman–Crippen LogP) is 7.47. The molecule has 0 unspecified atom stereocenters. The number of aromatic nitrogens is 2. The van der Waals surface area contributed by atoms with E-state index in [2.05, 4.69) is 18.8 Å².